The number of aliphatic hydroxyl groups is 1. The summed E-state index contributed by atoms with van der Waals surface area (Å²) in [5, 5.41) is 14.7. The van der Waals surface area contributed by atoms with Crippen LogP contribution in [0.2, 0.25) is 5.02 Å². The van der Waals surface area contributed by atoms with Crippen molar-refractivity contribution in [2.45, 2.75) is 18.6 Å². The average molecular weight is 534 g/mol. The van der Waals surface area contributed by atoms with Crippen molar-refractivity contribution in [3.05, 3.63) is 67.8 Å². The van der Waals surface area contributed by atoms with E-state index in [1.54, 1.807) is 6.08 Å². The third-order valence-electron chi connectivity index (χ3n) is 4.87. The first kappa shape index (κ1) is 24.1. The maximum Gasteiger partial charge on any atom is 0.417 e. The number of amides is 2. The van der Waals surface area contributed by atoms with Crippen molar-refractivity contribution in [1.82, 2.24) is 9.88 Å². The third kappa shape index (κ3) is 5.45. The first-order valence-electron chi connectivity index (χ1n) is 9.35. The number of alkyl halides is 3. The number of nitroso groups, excluding NO2 is 1. The molecule has 0 fully saturated rings. The SMILES string of the molecule is O=N[C@H](CO)c1cnc(C2=CCN(C(=O)Nc3ccc(Br)c(C(F)(F)F)c3)CC2)c(Cl)c1. The molecule has 0 saturated carbocycles. The molecule has 32 heavy (non-hydrogen) atoms. The van der Waals surface area contributed by atoms with Crippen LogP contribution in [0.3, 0.4) is 0 Å². The van der Waals surface area contributed by atoms with E-state index in [4.69, 9.17) is 16.7 Å². The second kappa shape index (κ2) is 9.97. The lowest BCUT2D eigenvalue weighted by atomic mass is 10.0. The molecule has 2 heterocycles. The number of halogens is 5. The molecule has 7 nitrogen and oxygen atoms in total. The van der Waals surface area contributed by atoms with Crippen molar-refractivity contribution in [1.29, 1.82) is 0 Å². The second-order valence-electron chi connectivity index (χ2n) is 6.95. The van der Waals surface area contributed by atoms with Gasteiger partial charge in [0.15, 0.2) is 0 Å². The van der Waals surface area contributed by atoms with Gasteiger partial charge in [0.1, 0.15) is 6.04 Å². The third-order valence-corrected chi connectivity index (χ3v) is 5.85. The fraction of sp³-hybridized carbons (Fsp3) is 0.300. The van der Waals surface area contributed by atoms with E-state index >= 15 is 0 Å². The predicted octanol–water partition coefficient (Wildman–Crippen LogP) is 5.64. The van der Waals surface area contributed by atoms with Crippen molar-refractivity contribution in [2.75, 3.05) is 25.0 Å². The van der Waals surface area contributed by atoms with E-state index in [1.807, 2.05) is 0 Å². The van der Waals surface area contributed by atoms with Gasteiger partial charge >= 0.3 is 12.2 Å². The first-order valence-corrected chi connectivity index (χ1v) is 10.5. The first-order chi connectivity index (χ1) is 15.1. The number of pyridine rings is 1. The Morgan fingerprint density at radius 1 is 1.38 bits per heavy atom. The molecule has 170 valence electrons. The number of carbonyl (C=O) groups is 1. The number of hydrogen-bond acceptors (Lipinski definition) is 5. The lowest BCUT2D eigenvalue weighted by Crippen LogP contribution is -2.38. The zero-order valence-electron chi connectivity index (χ0n) is 16.4. The molecular weight excluding hydrogens is 517 g/mol. The number of nitrogens with zero attached hydrogens (tertiary/aromatic N) is 3. The molecule has 2 amide bonds. The van der Waals surface area contributed by atoms with Gasteiger partial charge in [0, 0.05) is 35.0 Å². The van der Waals surface area contributed by atoms with E-state index in [2.05, 4.69) is 31.4 Å². The second-order valence-corrected chi connectivity index (χ2v) is 8.21. The van der Waals surface area contributed by atoms with E-state index in [1.165, 1.54) is 29.3 Å². The molecule has 2 N–H and O–H groups in total. The minimum absolute atomic E-state index is 0.0304. The molecule has 1 aliphatic heterocycles. The van der Waals surface area contributed by atoms with Crippen molar-refractivity contribution in [2.24, 2.45) is 5.18 Å². The summed E-state index contributed by atoms with van der Waals surface area (Å²) in [4.78, 5) is 29.0. The van der Waals surface area contributed by atoms with E-state index in [0.29, 0.717) is 24.2 Å². The number of hydrogen-bond donors (Lipinski definition) is 2. The normalized spacial score (nSPS) is 15.2. The quantitative estimate of drug-likeness (QED) is 0.487. The van der Waals surface area contributed by atoms with Gasteiger partial charge < -0.3 is 15.3 Å². The van der Waals surface area contributed by atoms with Gasteiger partial charge in [-0.2, -0.15) is 18.1 Å². The Labute approximate surface area is 194 Å². The molecule has 0 aliphatic carbocycles. The summed E-state index contributed by atoms with van der Waals surface area (Å²) in [5.41, 5.74) is 0.812. The highest BCUT2D eigenvalue weighted by atomic mass is 79.9. The molecule has 0 radical (unpaired) electrons. The van der Waals surface area contributed by atoms with Crippen molar-refractivity contribution < 1.29 is 23.1 Å². The summed E-state index contributed by atoms with van der Waals surface area (Å²) in [6, 6.07) is 3.50. The Morgan fingerprint density at radius 2 is 2.12 bits per heavy atom. The summed E-state index contributed by atoms with van der Waals surface area (Å²) in [6.07, 6.45) is -0.970. The Balaban J connectivity index is 1.69. The minimum atomic E-state index is -4.55. The molecule has 1 atom stereocenters. The number of carbonyl (C=O) groups excluding carboxylic acids is 1. The molecule has 0 unspecified atom stereocenters. The topological polar surface area (TPSA) is 94.9 Å². The summed E-state index contributed by atoms with van der Waals surface area (Å²) in [6.45, 7) is 0.0461. The van der Waals surface area contributed by atoms with E-state index in [9.17, 15) is 22.9 Å². The number of urea groups is 1. The van der Waals surface area contributed by atoms with Crippen LogP contribution in [-0.2, 0) is 6.18 Å². The lowest BCUT2D eigenvalue weighted by molar-refractivity contribution is -0.138. The molecule has 0 bridgehead atoms. The summed E-state index contributed by atoms with van der Waals surface area (Å²) in [7, 11) is 0. The Bertz CT molecular complexity index is 1060. The van der Waals surface area contributed by atoms with Crippen LogP contribution in [-0.4, -0.2) is 40.7 Å². The van der Waals surface area contributed by atoms with Crippen molar-refractivity contribution >= 4 is 44.8 Å². The van der Waals surface area contributed by atoms with E-state index < -0.39 is 30.4 Å². The van der Waals surface area contributed by atoms with Gasteiger partial charge in [-0.3, -0.25) is 4.98 Å². The minimum Gasteiger partial charge on any atom is -0.394 e. The highest BCUT2D eigenvalue weighted by Crippen LogP contribution is 2.36. The average Bonchev–Trinajstić information content (AvgIpc) is 2.75. The molecule has 3 rings (SSSR count). The summed E-state index contributed by atoms with van der Waals surface area (Å²) < 4.78 is 39.1. The van der Waals surface area contributed by atoms with Crippen LogP contribution in [0.15, 0.2) is 46.2 Å². The molecule has 1 aromatic carbocycles. The van der Waals surface area contributed by atoms with Gasteiger partial charge in [0.2, 0.25) is 0 Å². The van der Waals surface area contributed by atoms with Crippen molar-refractivity contribution in [3.8, 4) is 0 Å². The van der Waals surface area contributed by atoms with Crippen LogP contribution in [0.25, 0.3) is 5.57 Å². The zero-order valence-corrected chi connectivity index (χ0v) is 18.7. The van der Waals surface area contributed by atoms with Crippen molar-refractivity contribution in [3.63, 3.8) is 0 Å². The summed E-state index contributed by atoms with van der Waals surface area (Å²) in [5.74, 6) is 0. The van der Waals surface area contributed by atoms with Crippen LogP contribution in [0, 0.1) is 4.91 Å². The fourth-order valence-corrected chi connectivity index (χ4v) is 3.93. The highest BCUT2D eigenvalue weighted by molar-refractivity contribution is 9.10. The molecule has 1 aliphatic rings. The standard InChI is InChI=1S/C20H17BrClF3N4O3/c21-15-2-1-13(8-14(15)20(23,24)25)27-19(31)29-5-3-11(4-6-29)18-16(22)7-12(9-26-18)17(10-30)28-32/h1-3,7-9,17,30H,4-6,10H2,(H,27,31)/t17-/m1/s1. The fourth-order valence-electron chi connectivity index (χ4n) is 3.16. The van der Waals surface area contributed by atoms with Gasteiger partial charge in [0.25, 0.3) is 0 Å². The van der Waals surface area contributed by atoms with Gasteiger partial charge in [-0.05, 0) is 36.3 Å². The van der Waals surface area contributed by atoms with E-state index in [0.717, 1.165) is 11.6 Å². The van der Waals surface area contributed by atoms with Gasteiger partial charge in [-0.1, -0.05) is 38.8 Å². The van der Waals surface area contributed by atoms with Crippen LogP contribution < -0.4 is 5.32 Å². The number of aromatic nitrogens is 1. The Morgan fingerprint density at radius 3 is 2.69 bits per heavy atom. The molecule has 2 aromatic rings. The molecular formula is C20H17BrClF3N4O3. The van der Waals surface area contributed by atoms with Crippen LogP contribution in [0.1, 0.15) is 29.3 Å². The van der Waals surface area contributed by atoms with E-state index in [-0.39, 0.29) is 21.7 Å². The molecule has 0 spiro atoms. The maximum atomic E-state index is 13.1. The Kier molecular flexibility index (Phi) is 7.52. The van der Waals surface area contributed by atoms with Gasteiger partial charge in [-0.25, -0.2) is 4.79 Å². The molecule has 1 aromatic heterocycles. The van der Waals surface area contributed by atoms with Crippen LogP contribution in [0.4, 0.5) is 23.7 Å². The maximum absolute atomic E-state index is 13.1. The highest BCUT2D eigenvalue weighted by Gasteiger charge is 2.33. The predicted molar refractivity (Wildman–Crippen MR) is 117 cm³/mol. The number of anilines is 1. The Hall–Kier alpha value is -2.50. The number of benzene rings is 1. The largest absolute Gasteiger partial charge is 0.417 e. The summed E-state index contributed by atoms with van der Waals surface area (Å²) >= 11 is 9.14. The number of nitrogens with one attached hydrogen (secondary N) is 1. The van der Waals surface area contributed by atoms with Gasteiger partial charge in [-0.15, -0.1) is 0 Å². The number of rotatable bonds is 5. The van der Waals surface area contributed by atoms with Crippen LogP contribution in [0.5, 0.6) is 0 Å². The molecule has 0 saturated heterocycles. The van der Waals surface area contributed by atoms with Crippen LogP contribution >= 0.6 is 27.5 Å². The molecule has 12 heteroatoms. The lowest BCUT2D eigenvalue weighted by Gasteiger charge is -2.27. The monoisotopic (exact) mass is 532 g/mol. The van der Waals surface area contributed by atoms with Gasteiger partial charge in [0.05, 0.1) is 22.9 Å². The number of aliphatic hydroxyl groups excluding tert-OH is 1. The zero-order chi connectivity index (χ0) is 23.5. The smallest absolute Gasteiger partial charge is 0.394 e.